The minimum Gasteiger partial charge on any atom is -0.454 e. The van der Waals surface area contributed by atoms with Crippen LogP contribution in [0.2, 0.25) is 0 Å². The van der Waals surface area contributed by atoms with Crippen LogP contribution in [0.4, 0.5) is 0 Å². The van der Waals surface area contributed by atoms with Crippen molar-refractivity contribution >= 4 is 23.7 Å². The second-order valence-electron chi connectivity index (χ2n) is 9.24. The fourth-order valence-corrected chi connectivity index (χ4v) is 5.64. The highest BCUT2D eigenvalue weighted by atomic mass is 16.5. The van der Waals surface area contributed by atoms with Gasteiger partial charge in [0.05, 0.1) is 6.54 Å². The fraction of sp³-hybridized carbons (Fsp3) is 0.800. The van der Waals surface area contributed by atoms with E-state index >= 15 is 0 Å². The van der Waals surface area contributed by atoms with Crippen LogP contribution in [0.1, 0.15) is 52.4 Å². The monoisotopic (exact) mass is 393 g/mol. The standard InChI is InChI=1S/C20H31N3O5/c1-11(2)17(18(26)28-10-16(25)22-9-15(21)24)23-19(27)20-6-12-3-13(7-20)5-14(4-12)8-20/h11-14,17H,3-10H2,1-2H3,(H2,21,24)(H,22,25)(H,23,27)/t12?,13?,14?,17-,20?/m0/s1. The molecule has 8 nitrogen and oxygen atoms in total. The number of esters is 1. The van der Waals surface area contributed by atoms with Crippen LogP contribution >= 0.6 is 0 Å². The number of primary amides is 1. The number of hydrogen-bond acceptors (Lipinski definition) is 5. The van der Waals surface area contributed by atoms with Crippen LogP contribution in [0.5, 0.6) is 0 Å². The Morgan fingerprint density at radius 2 is 1.57 bits per heavy atom. The van der Waals surface area contributed by atoms with Crippen LogP contribution in [0.25, 0.3) is 0 Å². The Bertz CT molecular complexity index is 625. The molecule has 4 fully saturated rings. The summed E-state index contributed by atoms with van der Waals surface area (Å²) in [6.07, 6.45) is 6.47. The molecule has 0 aromatic rings. The molecular formula is C20H31N3O5. The Morgan fingerprint density at radius 1 is 1.04 bits per heavy atom. The van der Waals surface area contributed by atoms with Gasteiger partial charge in [0, 0.05) is 5.41 Å². The molecule has 0 spiro atoms. The Kier molecular flexibility index (Phi) is 5.95. The summed E-state index contributed by atoms with van der Waals surface area (Å²) in [5, 5.41) is 5.19. The summed E-state index contributed by atoms with van der Waals surface area (Å²) in [5.41, 5.74) is 4.61. The van der Waals surface area contributed by atoms with E-state index in [0.29, 0.717) is 17.8 Å². The van der Waals surface area contributed by atoms with Crippen molar-refractivity contribution in [1.82, 2.24) is 10.6 Å². The minimum atomic E-state index is -0.801. The quantitative estimate of drug-likeness (QED) is 0.517. The number of carbonyl (C=O) groups excluding carboxylic acids is 4. The summed E-state index contributed by atoms with van der Waals surface area (Å²) in [5.74, 6) is -0.229. The zero-order chi connectivity index (χ0) is 20.5. The highest BCUT2D eigenvalue weighted by molar-refractivity contribution is 5.90. The molecule has 8 heteroatoms. The van der Waals surface area contributed by atoms with Crippen LogP contribution in [-0.4, -0.2) is 42.9 Å². The Labute approximate surface area is 165 Å². The first-order valence-corrected chi connectivity index (χ1v) is 10.2. The Balaban J connectivity index is 1.57. The lowest BCUT2D eigenvalue weighted by Gasteiger charge is -2.55. The van der Waals surface area contributed by atoms with E-state index in [0.717, 1.165) is 19.3 Å². The highest BCUT2D eigenvalue weighted by Crippen LogP contribution is 2.60. The number of hydrogen-bond donors (Lipinski definition) is 3. The average Bonchev–Trinajstić information content (AvgIpc) is 2.60. The second kappa shape index (κ2) is 8.09. The molecule has 0 radical (unpaired) electrons. The summed E-state index contributed by atoms with van der Waals surface area (Å²) >= 11 is 0. The van der Waals surface area contributed by atoms with Crippen molar-refractivity contribution in [3.05, 3.63) is 0 Å². The molecular weight excluding hydrogens is 362 g/mol. The van der Waals surface area contributed by atoms with Gasteiger partial charge in [-0.1, -0.05) is 13.8 Å². The van der Waals surface area contributed by atoms with Gasteiger partial charge in [-0.15, -0.1) is 0 Å². The smallest absolute Gasteiger partial charge is 0.329 e. The topological polar surface area (TPSA) is 128 Å². The number of amides is 3. The zero-order valence-electron chi connectivity index (χ0n) is 16.7. The van der Waals surface area contributed by atoms with Crippen LogP contribution < -0.4 is 16.4 Å². The van der Waals surface area contributed by atoms with Gasteiger partial charge >= 0.3 is 5.97 Å². The second-order valence-corrected chi connectivity index (χ2v) is 9.24. The van der Waals surface area contributed by atoms with Crippen LogP contribution in [0.15, 0.2) is 0 Å². The van der Waals surface area contributed by atoms with Crippen LogP contribution in [0.3, 0.4) is 0 Å². The zero-order valence-corrected chi connectivity index (χ0v) is 16.7. The summed E-state index contributed by atoms with van der Waals surface area (Å²) in [7, 11) is 0. The molecule has 4 aliphatic rings. The molecule has 4 N–H and O–H groups in total. The molecule has 0 aromatic carbocycles. The van der Waals surface area contributed by atoms with Gasteiger partial charge < -0.3 is 21.1 Å². The van der Waals surface area contributed by atoms with Crippen molar-refractivity contribution in [2.75, 3.05) is 13.2 Å². The lowest BCUT2D eigenvalue weighted by atomic mass is 9.49. The van der Waals surface area contributed by atoms with E-state index < -0.39 is 30.4 Å². The molecule has 4 bridgehead atoms. The Hall–Kier alpha value is -2.12. The van der Waals surface area contributed by atoms with Crippen molar-refractivity contribution < 1.29 is 23.9 Å². The van der Waals surface area contributed by atoms with Crippen molar-refractivity contribution in [2.24, 2.45) is 34.8 Å². The van der Waals surface area contributed by atoms with E-state index in [1.165, 1.54) is 19.3 Å². The molecule has 0 unspecified atom stereocenters. The van der Waals surface area contributed by atoms with Gasteiger partial charge in [0.25, 0.3) is 5.91 Å². The molecule has 0 saturated heterocycles. The van der Waals surface area contributed by atoms with Gasteiger partial charge in [0.2, 0.25) is 11.8 Å². The van der Waals surface area contributed by atoms with Crippen molar-refractivity contribution in [1.29, 1.82) is 0 Å². The van der Waals surface area contributed by atoms with Crippen molar-refractivity contribution in [3.63, 3.8) is 0 Å². The Morgan fingerprint density at radius 3 is 2.04 bits per heavy atom. The number of carbonyl (C=O) groups is 4. The number of rotatable bonds is 8. The normalized spacial score (nSPS) is 31.3. The maximum absolute atomic E-state index is 13.2. The maximum Gasteiger partial charge on any atom is 0.329 e. The number of ether oxygens (including phenoxy) is 1. The first-order chi connectivity index (χ1) is 13.2. The van der Waals surface area contributed by atoms with E-state index in [9.17, 15) is 19.2 Å². The highest BCUT2D eigenvalue weighted by Gasteiger charge is 2.55. The summed E-state index contributed by atoms with van der Waals surface area (Å²) in [6.45, 7) is 2.84. The summed E-state index contributed by atoms with van der Waals surface area (Å²) < 4.78 is 5.06. The predicted octanol–water partition coefficient (Wildman–Crippen LogP) is 0.488. The van der Waals surface area contributed by atoms with Crippen LogP contribution in [0, 0.1) is 29.1 Å². The lowest BCUT2D eigenvalue weighted by molar-refractivity contribution is -0.157. The molecule has 4 saturated carbocycles. The van der Waals surface area contributed by atoms with Gasteiger partial charge in [0.1, 0.15) is 6.04 Å². The van der Waals surface area contributed by atoms with Crippen molar-refractivity contribution in [2.45, 2.75) is 58.4 Å². The first-order valence-electron chi connectivity index (χ1n) is 10.2. The lowest BCUT2D eigenvalue weighted by Crippen LogP contribution is -2.57. The van der Waals surface area contributed by atoms with Crippen LogP contribution in [-0.2, 0) is 23.9 Å². The fourth-order valence-electron chi connectivity index (χ4n) is 5.64. The molecule has 0 aliphatic heterocycles. The van der Waals surface area contributed by atoms with E-state index in [1.807, 2.05) is 13.8 Å². The molecule has 4 aliphatic carbocycles. The summed E-state index contributed by atoms with van der Waals surface area (Å²) in [6, 6.07) is -0.801. The summed E-state index contributed by atoms with van der Waals surface area (Å²) in [4.78, 5) is 48.0. The van der Waals surface area contributed by atoms with Gasteiger partial charge in [-0.25, -0.2) is 4.79 Å². The molecule has 3 amide bonds. The molecule has 156 valence electrons. The van der Waals surface area contributed by atoms with Gasteiger partial charge in [-0.3, -0.25) is 14.4 Å². The molecule has 4 rings (SSSR count). The third kappa shape index (κ3) is 4.47. The van der Waals surface area contributed by atoms with Crippen molar-refractivity contribution in [3.8, 4) is 0 Å². The molecule has 1 atom stereocenters. The third-order valence-electron chi connectivity index (χ3n) is 6.53. The van der Waals surface area contributed by atoms with E-state index in [2.05, 4.69) is 10.6 Å². The molecule has 28 heavy (non-hydrogen) atoms. The number of nitrogens with one attached hydrogen (secondary N) is 2. The third-order valence-corrected chi connectivity index (χ3v) is 6.53. The molecule has 0 heterocycles. The predicted molar refractivity (Wildman–Crippen MR) is 101 cm³/mol. The van der Waals surface area contributed by atoms with Gasteiger partial charge in [-0.05, 0) is 62.2 Å². The minimum absolute atomic E-state index is 0.0413. The number of nitrogens with two attached hydrogens (primary N) is 1. The SMILES string of the molecule is CC(C)[C@H](NC(=O)C12CC3CC(CC(C3)C1)C2)C(=O)OCC(=O)NCC(N)=O. The van der Waals surface area contributed by atoms with Gasteiger partial charge in [0.15, 0.2) is 6.61 Å². The first kappa shape index (κ1) is 20.6. The molecule has 0 aromatic heterocycles. The van der Waals surface area contributed by atoms with E-state index in [4.69, 9.17) is 10.5 Å². The average molecular weight is 393 g/mol. The largest absolute Gasteiger partial charge is 0.454 e. The maximum atomic E-state index is 13.2. The van der Waals surface area contributed by atoms with E-state index in [1.54, 1.807) is 0 Å². The van der Waals surface area contributed by atoms with Gasteiger partial charge in [-0.2, -0.15) is 0 Å². The van der Waals surface area contributed by atoms with E-state index in [-0.39, 0.29) is 23.8 Å².